The smallest absolute Gasteiger partial charge is 0.290 e. The number of piperidine rings is 1. The van der Waals surface area contributed by atoms with Crippen LogP contribution in [0.25, 0.3) is 6.08 Å². The number of hydrogen-bond donors (Lipinski definition) is 2. The lowest BCUT2D eigenvalue weighted by molar-refractivity contribution is -0.115. The number of nitrogens with zero attached hydrogens (tertiary/aromatic N) is 1. The van der Waals surface area contributed by atoms with Crippen LogP contribution < -0.4 is 20.7 Å². The Hall–Kier alpha value is -1.99. The van der Waals surface area contributed by atoms with Gasteiger partial charge in [0.25, 0.3) is 11.1 Å². The number of para-hydroxylation sites is 1. The number of carbonyl (C=O) groups excluding carboxylic acids is 2. The first-order chi connectivity index (χ1) is 13.6. The lowest BCUT2D eigenvalue weighted by atomic mass is 9.97. The van der Waals surface area contributed by atoms with Crippen LogP contribution in [0.3, 0.4) is 0 Å². The van der Waals surface area contributed by atoms with Crippen LogP contribution in [-0.4, -0.2) is 36.4 Å². The van der Waals surface area contributed by atoms with Crippen LogP contribution in [-0.2, 0) is 4.79 Å². The summed E-state index contributed by atoms with van der Waals surface area (Å²) in [4.78, 5) is 26.3. The van der Waals surface area contributed by atoms with E-state index in [1.807, 2.05) is 18.2 Å². The summed E-state index contributed by atoms with van der Waals surface area (Å²) < 4.78 is 6.44. The maximum absolute atomic E-state index is 12.0. The highest BCUT2D eigenvalue weighted by molar-refractivity contribution is 8.18. The molecule has 0 spiro atoms. The van der Waals surface area contributed by atoms with Gasteiger partial charge in [-0.05, 0) is 62.4 Å². The van der Waals surface area contributed by atoms with Gasteiger partial charge in [0.2, 0.25) is 0 Å². The van der Waals surface area contributed by atoms with Crippen LogP contribution >= 0.6 is 11.8 Å². The summed E-state index contributed by atoms with van der Waals surface area (Å²) in [6.07, 6.45) is 9.93. The van der Waals surface area contributed by atoms with Crippen molar-refractivity contribution in [3.8, 4) is 5.75 Å². The van der Waals surface area contributed by atoms with Gasteiger partial charge in [0, 0.05) is 24.7 Å². The summed E-state index contributed by atoms with van der Waals surface area (Å²) in [6, 6.07) is 6.08. The van der Waals surface area contributed by atoms with Crippen LogP contribution in [0, 0.1) is 0 Å². The quantitative estimate of drug-likeness (QED) is 0.749. The molecule has 3 fully saturated rings. The van der Waals surface area contributed by atoms with E-state index in [4.69, 9.17) is 10.5 Å². The minimum absolute atomic E-state index is 0.128. The van der Waals surface area contributed by atoms with Gasteiger partial charge in [0.15, 0.2) is 0 Å². The minimum atomic E-state index is -0.338. The highest BCUT2D eigenvalue weighted by atomic mass is 32.2. The van der Waals surface area contributed by atoms with Crippen molar-refractivity contribution >= 4 is 34.7 Å². The second-order valence-electron chi connectivity index (χ2n) is 7.77. The molecule has 3 N–H and O–H groups in total. The number of thioether (sulfide) groups is 1. The topological polar surface area (TPSA) is 84.7 Å². The van der Waals surface area contributed by atoms with Crippen LogP contribution in [0.4, 0.5) is 10.5 Å². The van der Waals surface area contributed by atoms with Crippen molar-refractivity contribution in [2.24, 2.45) is 5.73 Å². The molecule has 1 aromatic rings. The number of nitrogens with one attached hydrogen (secondary N) is 1. The maximum atomic E-state index is 12.0. The average molecular weight is 402 g/mol. The highest BCUT2D eigenvalue weighted by Crippen LogP contribution is 2.39. The fourth-order valence-corrected chi connectivity index (χ4v) is 4.90. The van der Waals surface area contributed by atoms with Crippen molar-refractivity contribution in [3.05, 3.63) is 28.7 Å². The van der Waals surface area contributed by atoms with Crippen LogP contribution in [0.2, 0.25) is 0 Å². The van der Waals surface area contributed by atoms with Gasteiger partial charge >= 0.3 is 0 Å². The van der Waals surface area contributed by atoms with E-state index >= 15 is 0 Å². The molecule has 3 aliphatic rings. The Morgan fingerprint density at radius 2 is 1.96 bits per heavy atom. The number of imide groups is 1. The molecule has 0 unspecified atom stereocenters. The van der Waals surface area contributed by atoms with Gasteiger partial charge in [-0.15, -0.1) is 0 Å². The van der Waals surface area contributed by atoms with Crippen LogP contribution in [0.1, 0.15) is 50.5 Å². The molecule has 7 heteroatoms. The summed E-state index contributed by atoms with van der Waals surface area (Å²) in [5, 5.41) is 2.00. The van der Waals surface area contributed by atoms with Gasteiger partial charge in [-0.25, -0.2) is 0 Å². The lowest BCUT2D eigenvalue weighted by Crippen LogP contribution is -2.43. The van der Waals surface area contributed by atoms with Crippen LogP contribution in [0.15, 0.2) is 23.1 Å². The van der Waals surface area contributed by atoms with E-state index in [1.54, 1.807) is 6.08 Å². The molecule has 1 atom stereocenters. The lowest BCUT2D eigenvalue weighted by Gasteiger charge is -2.35. The molecule has 4 rings (SSSR count). The Bertz CT molecular complexity index is 789. The van der Waals surface area contributed by atoms with E-state index in [1.165, 1.54) is 19.3 Å². The first-order valence-electron chi connectivity index (χ1n) is 10.2. The van der Waals surface area contributed by atoms with E-state index in [-0.39, 0.29) is 23.3 Å². The van der Waals surface area contributed by atoms with E-state index in [0.717, 1.165) is 67.5 Å². The number of carbonyl (C=O) groups is 2. The fourth-order valence-electron chi connectivity index (χ4n) is 4.23. The Morgan fingerprint density at radius 1 is 1.14 bits per heavy atom. The molecule has 2 saturated heterocycles. The number of benzene rings is 1. The predicted octanol–water partition coefficient (Wildman–Crippen LogP) is 3.65. The molecular weight excluding hydrogens is 374 g/mol. The van der Waals surface area contributed by atoms with Crippen molar-refractivity contribution < 1.29 is 14.3 Å². The molecule has 0 bridgehead atoms. The van der Waals surface area contributed by atoms with Crippen molar-refractivity contribution in [3.63, 3.8) is 0 Å². The molecule has 150 valence electrons. The Balaban J connectivity index is 1.70. The Labute approximate surface area is 169 Å². The fraction of sp³-hybridized carbons (Fsp3) is 0.524. The summed E-state index contributed by atoms with van der Waals surface area (Å²) in [5.74, 6) is 0.514. The second kappa shape index (κ2) is 8.57. The van der Waals surface area contributed by atoms with Gasteiger partial charge in [-0.2, -0.15) is 0 Å². The van der Waals surface area contributed by atoms with Gasteiger partial charge in [-0.1, -0.05) is 18.6 Å². The average Bonchev–Trinajstić information content (AvgIpc) is 3.00. The molecule has 2 heterocycles. The Morgan fingerprint density at radius 3 is 2.68 bits per heavy atom. The third kappa shape index (κ3) is 4.36. The van der Waals surface area contributed by atoms with Crippen molar-refractivity contribution in [2.45, 2.75) is 57.1 Å². The largest absolute Gasteiger partial charge is 0.488 e. The number of anilines is 1. The number of ether oxygens (including phenoxy) is 1. The molecule has 2 amide bonds. The van der Waals surface area contributed by atoms with Gasteiger partial charge in [-0.3, -0.25) is 14.9 Å². The van der Waals surface area contributed by atoms with Crippen molar-refractivity contribution in [1.29, 1.82) is 0 Å². The maximum Gasteiger partial charge on any atom is 0.290 e. The van der Waals surface area contributed by atoms with Gasteiger partial charge < -0.3 is 15.4 Å². The van der Waals surface area contributed by atoms with E-state index in [2.05, 4.69) is 10.2 Å². The summed E-state index contributed by atoms with van der Waals surface area (Å²) in [6.45, 7) is 1.67. The van der Waals surface area contributed by atoms with E-state index in [9.17, 15) is 9.59 Å². The number of hydrogen-bond acceptors (Lipinski definition) is 6. The minimum Gasteiger partial charge on any atom is -0.488 e. The van der Waals surface area contributed by atoms with Crippen LogP contribution in [0.5, 0.6) is 5.75 Å². The highest BCUT2D eigenvalue weighted by Gasteiger charge is 2.28. The summed E-state index contributed by atoms with van der Waals surface area (Å²) >= 11 is 0.943. The molecular formula is C21H27N3O3S. The van der Waals surface area contributed by atoms with Crippen molar-refractivity contribution in [2.75, 3.05) is 18.0 Å². The first-order valence-corrected chi connectivity index (χ1v) is 11.0. The molecule has 1 aromatic carbocycles. The number of nitrogens with two attached hydrogens (primary N) is 1. The molecule has 0 radical (unpaired) electrons. The van der Waals surface area contributed by atoms with Crippen molar-refractivity contribution in [1.82, 2.24) is 5.32 Å². The molecule has 1 aliphatic carbocycles. The Kier molecular flexibility index (Phi) is 5.92. The zero-order valence-electron chi connectivity index (χ0n) is 16.0. The first kappa shape index (κ1) is 19.3. The van der Waals surface area contributed by atoms with Gasteiger partial charge in [0.05, 0.1) is 16.7 Å². The third-order valence-corrected chi connectivity index (χ3v) is 6.39. The molecule has 2 aliphatic heterocycles. The number of rotatable bonds is 4. The molecule has 0 aromatic heterocycles. The summed E-state index contributed by atoms with van der Waals surface area (Å²) in [7, 11) is 0. The normalized spacial score (nSPS) is 25.2. The van der Waals surface area contributed by atoms with E-state index < -0.39 is 0 Å². The zero-order chi connectivity index (χ0) is 19.5. The summed E-state index contributed by atoms with van der Waals surface area (Å²) in [5.41, 5.74) is 8.13. The standard InChI is InChI=1S/C21H27N3O3S/c22-15-7-5-11-24(13-15)19-14(12-18-20(25)23-21(26)28-18)6-4-10-17(19)27-16-8-2-1-3-9-16/h4,6,10,12,15-16H,1-3,5,7-9,11,13,22H2,(H,23,25,26)/t15-/m1/s1. The van der Waals surface area contributed by atoms with Gasteiger partial charge in [0.1, 0.15) is 5.75 Å². The molecule has 1 saturated carbocycles. The third-order valence-electron chi connectivity index (χ3n) is 5.58. The predicted molar refractivity (Wildman–Crippen MR) is 112 cm³/mol. The number of amides is 2. The SMILES string of the molecule is N[C@@H]1CCCN(c2c(C=C3SC(=O)NC3=O)cccc2OC2CCCCC2)C1. The second-order valence-corrected chi connectivity index (χ2v) is 8.79. The molecule has 28 heavy (non-hydrogen) atoms. The van der Waals surface area contributed by atoms with E-state index in [0.29, 0.717) is 4.91 Å². The molecule has 6 nitrogen and oxygen atoms in total. The monoisotopic (exact) mass is 401 g/mol. The zero-order valence-corrected chi connectivity index (χ0v) is 16.8.